The van der Waals surface area contributed by atoms with E-state index in [1.165, 1.54) is 0 Å². The average molecular weight is 172 g/mol. The van der Waals surface area contributed by atoms with E-state index in [0.717, 1.165) is 19.3 Å². The summed E-state index contributed by atoms with van der Waals surface area (Å²) in [5.41, 5.74) is 4.44. The van der Waals surface area contributed by atoms with Gasteiger partial charge in [0.25, 0.3) is 0 Å². The minimum Gasteiger partial charge on any atom is -0.389 e. The van der Waals surface area contributed by atoms with Crippen LogP contribution in [-0.2, 0) is 4.79 Å². The van der Waals surface area contributed by atoms with Crippen molar-refractivity contribution >= 4 is 5.91 Å². The Kier molecular flexibility index (Phi) is 3.05. The van der Waals surface area contributed by atoms with Crippen molar-refractivity contribution in [2.24, 2.45) is 5.73 Å². The van der Waals surface area contributed by atoms with E-state index in [9.17, 15) is 9.90 Å². The zero-order valence-electron chi connectivity index (χ0n) is 7.18. The summed E-state index contributed by atoms with van der Waals surface area (Å²) in [6.07, 6.45) is 3.19. The van der Waals surface area contributed by atoms with Crippen molar-refractivity contribution in [2.45, 2.75) is 31.3 Å². The van der Waals surface area contributed by atoms with Gasteiger partial charge in [-0.25, -0.2) is 0 Å². The van der Waals surface area contributed by atoms with Crippen molar-refractivity contribution in [1.29, 1.82) is 0 Å². The molecule has 0 unspecified atom stereocenters. The summed E-state index contributed by atoms with van der Waals surface area (Å²) in [6, 6.07) is 0. The van der Waals surface area contributed by atoms with Crippen molar-refractivity contribution in [3.63, 3.8) is 0 Å². The Morgan fingerprint density at radius 1 is 1.58 bits per heavy atom. The zero-order chi connectivity index (χ0) is 9.03. The quantitative estimate of drug-likeness (QED) is 0.483. The standard InChI is InChI=1S/C8H16N2O2/c9-7(11)2-5-10-6-8(12)3-1-4-8/h10,12H,1-6H2,(H2,9,11). The number of carbonyl (C=O) groups is 1. The molecule has 0 atom stereocenters. The SMILES string of the molecule is NC(=O)CCNCC1(O)CCC1. The van der Waals surface area contributed by atoms with Gasteiger partial charge in [0.15, 0.2) is 0 Å². The summed E-state index contributed by atoms with van der Waals surface area (Å²) in [7, 11) is 0. The Morgan fingerprint density at radius 2 is 2.25 bits per heavy atom. The van der Waals surface area contributed by atoms with E-state index in [1.54, 1.807) is 0 Å². The van der Waals surface area contributed by atoms with Crippen LogP contribution in [0.1, 0.15) is 25.7 Å². The first kappa shape index (κ1) is 9.48. The number of primary amides is 1. The van der Waals surface area contributed by atoms with E-state index in [4.69, 9.17) is 5.73 Å². The van der Waals surface area contributed by atoms with E-state index < -0.39 is 5.60 Å². The summed E-state index contributed by atoms with van der Waals surface area (Å²) >= 11 is 0. The third-order valence-electron chi connectivity index (χ3n) is 2.29. The highest BCUT2D eigenvalue weighted by molar-refractivity contribution is 5.73. The van der Waals surface area contributed by atoms with Crippen LogP contribution in [0.15, 0.2) is 0 Å². The van der Waals surface area contributed by atoms with Gasteiger partial charge in [0, 0.05) is 19.5 Å². The van der Waals surface area contributed by atoms with Crippen molar-refractivity contribution in [3.8, 4) is 0 Å². The molecule has 0 aromatic carbocycles. The first-order valence-corrected chi connectivity index (χ1v) is 4.34. The fraction of sp³-hybridized carbons (Fsp3) is 0.875. The highest BCUT2D eigenvalue weighted by Crippen LogP contribution is 2.30. The molecule has 0 spiro atoms. The normalized spacial score (nSPS) is 20.1. The van der Waals surface area contributed by atoms with Gasteiger partial charge in [-0.05, 0) is 19.3 Å². The van der Waals surface area contributed by atoms with Crippen LogP contribution < -0.4 is 11.1 Å². The molecule has 4 nitrogen and oxygen atoms in total. The van der Waals surface area contributed by atoms with E-state index in [2.05, 4.69) is 5.32 Å². The molecule has 0 saturated heterocycles. The largest absolute Gasteiger partial charge is 0.389 e. The summed E-state index contributed by atoms with van der Waals surface area (Å²) in [5.74, 6) is -0.303. The number of hydrogen-bond acceptors (Lipinski definition) is 3. The molecular formula is C8H16N2O2. The van der Waals surface area contributed by atoms with Crippen LogP contribution in [-0.4, -0.2) is 29.7 Å². The first-order chi connectivity index (χ1) is 5.62. The molecule has 1 fully saturated rings. The van der Waals surface area contributed by atoms with Gasteiger partial charge in [0.1, 0.15) is 0 Å². The lowest BCUT2D eigenvalue weighted by atomic mass is 9.80. The van der Waals surface area contributed by atoms with E-state index >= 15 is 0 Å². The molecule has 70 valence electrons. The van der Waals surface area contributed by atoms with E-state index in [0.29, 0.717) is 19.5 Å². The molecule has 0 aromatic heterocycles. The van der Waals surface area contributed by atoms with Crippen molar-refractivity contribution in [1.82, 2.24) is 5.32 Å². The summed E-state index contributed by atoms with van der Waals surface area (Å²) in [6.45, 7) is 1.15. The second-order valence-corrected chi connectivity index (χ2v) is 3.47. The minimum absolute atomic E-state index is 0.303. The maximum atomic E-state index is 10.3. The molecule has 1 amide bonds. The highest BCUT2D eigenvalue weighted by atomic mass is 16.3. The minimum atomic E-state index is -0.502. The van der Waals surface area contributed by atoms with Gasteiger partial charge in [0.2, 0.25) is 5.91 Å². The molecule has 4 heteroatoms. The molecule has 1 aliphatic carbocycles. The predicted molar refractivity (Wildman–Crippen MR) is 45.5 cm³/mol. The number of rotatable bonds is 5. The van der Waals surface area contributed by atoms with Crippen LogP contribution in [0.4, 0.5) is 0 Å². The van der Waals surface area contributed by atoms with Gasteiger partial charge in [-0.1, -0.05) is 0 Å². The van der Waals surface area contributed by atoms with Crippen LogP contribution in [0.25, 0.3) is 0 Å². The number of carbonyl (C=O) groups excluding carboxylic acids is 1. The Labute approximate surface area is 72.1 Å². The van der Waals surface area contributed by atoms with Crippen molar-refractivity contribution < 1.29 is 9.90 Å². The monoisotopic (exact) mass is 172 g/mol. The Bertz CT molecular complexity index is 166. The predicted octanol–water partition coefficient (Wildman–Crippen LogP) is -0.634. The fourth-order valence-corrected chi connectivity index (χ4v) is 1.29. The second kappa shape index (κ2) is 3.87. The van der Waals surface area contributed by atoms with E-state index in [-0.39, 0.29) is 5.91 Å². The molecule has 1 saturated carbocycles. The smallest absolute Gasteiger partial charge is 0.218 e. The fourth-order valence-electron chi connectivity index (χ4n) is 1.29. The third kappa shape index (κ3) is 2.79. The number of aliphatic hydroxyl groups is 1. The maximum Gasteiger partial charge on any atom is 0.218 e. The molecular weight excluding hydrogens is 156 g/mol. The van der Waals surface area contributed by atoms with Gasteiger partial charge in [-0.2, -0.15) is 0 Å². The Morgan fingerprint density at radius 3 is 2.67 bits per heavy atom. The summed E-state index contributed by atoms with van der Waals surface area (Å²) in [5, 5.41) is 12.6. The molecule has 12 heavy (non-hydrogen) atoms. The van der Waals surface area contributed by atoms with Gasteiger partial charge in [-0.15, -0.1) is 0 Å². The molecule has 0 heterocycles. The lowest BCUT2D eigenvalue weighted by molar-refractivity contribution is -0.118. The molecule has 1 rings (SSSR count). The summed E-state index contributed by atoms with van der Waals surface area (Å²) < 4.78 is 0. The zero-order valence-corrected chi connectivity index (χ0v) is 7.18. The number of amides is 1. The van der Waals surface area contributed by atoms with E-state index in [1.807, 2.05) is 0 Å². The lowest BCUT2D eigenvalue weighted by Crippen LogP contribution is -2.46. The highest BCUT2D eigenvalue weighted by Gasteiger charge is 2.33. The number of nitrogens with one attached hydrogen (secondary N) is 1. The molecule has 0 aromatic rings. The lowest BCUT2D eigenvalue weighted by Gasteiger charge is -2.36. The van der Waals surface area contributed by atoms with Gasteiger partial charge < -0.3 is 16.2 Å². The first-order valence-electron chi connectivity index (χ1n) is 4.34. The molecule has 0 radical (unpaired) electrons. The van der Waals surface area contributed by atoms with Crippen LogP contribution >= 0.6 is 0 Å². The van der Waals surface area contributed by atoms with Gasteiger partial charge >= 0.3 is 0 Å². The molecule has 1 aliphatic rings. The van der Waals surface area contributed by atoms with Crippen LogP contribution in [0.5, 0.6) is 0 Å². The topological polar surface area (TPSA) is 75.4 Å². The molecule has 0 bridgehead atoms. The van der Waals surface area contributed by atoms with Gasteiger partial charge in [-0.3, -0.25) is 4.79 Å². The van der Waals surface area contributed by atoms with Crippen LogP contribution in [0.3, 0.4) is 0 Å². The van der Waals surface area contributed by atoms with Crippen molar-refractivity contribution in [2.75, 3.05) is 13.1 Å². The molecule has 0 aliphatic heterocycles. The number of hydrogen-bond donors (Lipinski definition) is 3. The third-order valence-corrected chi connectivity index (χ3v) is 2.29. The maximum absolute atomic E-state index is 10.3. The second-order valence-electron chi connectivity index (χ2n) is 3.47. The van der Waals surface area contributed by atoms with Crippen molar-refractivity contribution in [3.05, 3.63) is 0 Å². The Hall–Kier alpha value is -0.610. The van der Waals surface area contributed by atoms with Crippen LogP contribution in [0, 0.1) is 0 Å². The Balaban J connectivity index is 1.98. The average Bonchev–Trinajstić information content (AvgIpc) is 1.94. The summed E-state index contributed by atoms with van der Waals surface area (Å²) in [4.78, 5) is 10.3. The number of nitrogens with two attached hydrogens (primary N) is 1. The van der Waals surface area contributed by atoms with Crippen LogP contribution in [0.2, 0.25) is 0 Å². The molecule has 4 N–H and O–H groups in total. The van der Waals surface area contributed by atoms with Gasteiger partial charge in [0.05, 0.1) is 5.60 Å².